The molecule has 3 heterocycles. The average Bonchev–Trinajstić information content (AvgIpc) is 4.20. The second kappa shape index (κ2) is 16.9. The van der Waals surface area contributed by atoms with Crippen molar-refractivity contribution in [1.82, 2.24) is 0 Å². The number of epoxide rings is 2. The maximum atomic E-state index is 5.84. The normalized spacial score (nSPS) is 15.7. The fraction of sp³-hybridized carbons (Fsp3) is 0.200. The van der Waals surface area contributed by atoms with Gasteiger partial charge in [-0.3, -0.25) is 0 Å². The van der Waals surface area contributed by atoms with E-state index >= 15 is 0 Å². The molecule has 57 heavy (non-hydrogen) atoms. The van der Waals surface area contributed by atoms with E-state index in [0.717, 1.165) is 58.5 Å². The standard InChI is InChI=1S/C50H46N2O4S/c1-35-3-15-41(16-4-35)51(43-19-7-37(8-20-43)29-53-31-47-33-55-47)45-23-11-39(12-24-45)49-27-28-50(57-49)40-13-25-46(26-14-40)52(42-17-5-36(2)6-18-42)44-21-9-38(10-22-44)30-54-32-48-34-56-48/h3-28,47-48H,29-34H2,1-2H3. The van der Waals surface area contributed by atoms with Crippen molar-refractivity contribution in [1.29, 1.82) is 0 Å². The summed E-state index contributed by atoms with van der Waals surface area (Å²) >= 11 is 1.82. The number of hydrogen-bond acceptors (Lipinski definition) is 7. The van der Waals surface area contributed by atoms with E-state index in [-0.39, 0.29) is 12.2 Å². The summed E-state index contributed by atoms with van der Waals surface area (Å²) in [5.74, 6) is 0. The third-order valence-electron chi connectivity index (χ3n) is 10.3. The van der Waals surface area contributed by atoms with Crippen LogP contribution in [-0.4, -0.2) is 38.6 Å². The van der Waals surface area contributed by atoms with Gasteiger partial charge in [0.15, 0.2) is 0 Å². The van der Waals surface area contributed by atoms with E-state index in [1.54, 1.807) is 0 Å². The molecule has 2 saturated heterocycles. The highest BCUT2D eigenvalue weighted by atomic mass is 32.1. The van der Waals surface area contributed by atoms with Crippen LogP contribution in [0.5, 0.6) is 0 Å². The number of aryl methyl sites for hydroxylation is 2. The first kappa shape index (κ1) is 37.1. The average molecular weight is 771 g/mol. The summed E-state index contributed by atoms with van der Waals surface area (Å²) in [6.45, 7) is 8.34. The lowest BCUT2D eigenvalue weighted by Crippen LogP contribution is -2.10. The van der Waals surface area contributed by atoms with E-state index in [2.05, 4.69) is 181 Å². The van der Waals surface area contributed by atoms with Gasteiger partial charge < -0.3 is 28.7 Å². The van der Waals surface area contributed by atoms with Crippen LogP contribution in [0.3, 0.4) is 0 Å². The molecule has 1 aromatic heterocycles. The summed E-state index contributed by atoms with van der Waals surface area (Å²) < 4.78 is 22.2. The molecule has 0 aliphatic carbocycles. The molecule has 0 bridgehead atoms. The van der Waals surface area contributed by atoms with Crippen molar-refractivity contribution in [3.8, 4) is 20.9 Å². The third-order valence-corrected chi connectivity index (χ3v) is 11.5. The number of rotatable bonds is 16. The fourth-order valence-corrected chi connectivity index (χ4v) is 7.92. The van der Waals surface area contributed by atoms with Gasteiger partial charge >= 0.3 is 0 Å². The van der Waals surface area contributed by atoms with Gasteiger partial charge in [0.2, 0.25) is 0 Å². The van der Waals surface area contributed by atoms with Crippen LogP contribution in [0.15, 0.2) is 158 Å². The number of ether oxygens (including phenoxy) is 4. The number of hydrogen-bond donors (Lipinski definition) is 0. The Kier molecular flexibility index (Phi) is 11.0. The number of benzene rings is 6. The lowest BCUT2D eigenvalue weighted by molar-refractivity contribution is 0.104. The van der Waals surface area contributed by atoms with E-state index < -0.39 is 0 Å². The molecule has 9 rings (SSSR count). The lowest BCUT2D eigenvalue weighted by atomic mass is 10.1. The molecule has 2 aliphatic heterocycles. The zero-order valence-corrected chi connectivity index (χ0v) is 33.2. The maximum Gasteiger partial charge on any atom is 0.104 e. The zero-order chi connectivity index (χ0) is 38.6. The smallest absolute Gasteiger partial charge is 0.104 e. The second-order valence-corrected chi connectivity index (χ2v) is 16.0. The Morgan fingerprint density at radius 1 is 0.439 bits per heavy atom. The summed E-state index contributed by atoms with van der Waals surface area (Å²) in [7, 11) is 0. The van der Waals surface area contributed by atoms with Crippen molar-refractivity contribution in [3.63, 3.8) is 0 Å². The second-order valence-electron chi connectivity index (χ2n) is 14.9. The Hall–Kier alpha value is -5.54. The SMILES string of the molecule is Cc1ccc(N(c2ccc(COCC3CO3)cc2)c2ccc(-c3ccc(-c4ccc(N(c5ccc(C)cc5)c5ccc(COCC6CO6)cc5)cc4)s3)cc2)cc1. The highest BCUT2D eigenvalue weighted by Crippen LogP contribution is 2.40. The minimum atomic E-state index is 0.270. The first-order valence-corrected chi connectivity index (χ1v) is 20.4. The van der Waals surface area contributed by atoms with Gasteiger partial charge in [0.05, 0.1) is 39.6 Å². The van der Waals surface area contributed by atoms with E-state index in [1.807, 2.05) is 11.3 Å². The van der Waals surface area contributed by atoms with Gasteiger partial charge in [0.25, 0.3) is 0 Å². The molecule has 2 fully saturated rings. The third kappa shape index (κ3) is 9.21. The van der Waals surface area contributed by atoms with Gasteiger partial charge in [-0.25, -0.2) is 0 Å². The summed E-state index contributed by atoms with van der Waals surface area (Å²) in [6.07, 6.45) is 0.541. The molecule has 0 N–H and O–H groups in total. The minimum Gasteiger partial charge on any atom is -0.374 e. The van der Waals surface area contributed by atoms with Crippen LogP contribution in [0, 0.1) is 13.8 Å². The van der Waals surface area contributed by atoms with Crippen LogP contribution in [0.2, 0.25) is 0 Å². The van der Waals surface area contributed by atoms with Crippen molar-refractivity contribution in [2.24, 2.45) is 0 Å². The summed E-state index contributed by atoms with van der Waals surface area (Å²) in [5, 5.41) is 0. The van der Waals surface area contributed by atoms with E-state index in [0.29, 0.717) is 26.4 Å². The zero-order valence-electron chi connectivity index (χ0n) is 32.3. The maximum absolute atomic E-state index is 5.84. The molecule has 0 radical (unpaired) electrons. The first-order valence-electron chi connectivity index (χ1n) is 19.6. The molecule has 0 saturated carbocycles. The van der Waals surface area contributed by atoms with Crippen molar-refractivity contribution >= 4 is 45.5 Å². The molecule has 2 aliphatic rings. The van der Waals surface area contributed by atoms with Crippen LogP contribution in [0.25, 0.3) is 20.9 Å². The van der Waals surface area contributed by atoms with Crippen molar-refractivity contribution in [3.05, 3.63) is 180 Å². The Morgan fingerprint density at radius 3 is 1.05 bits per heavy atom. The molecule has 286 valence electrons. The fourth-order valence-electron chi connectivity index (χ4n) is 6.91. The molecule has 7 aromatic rings. The quantitative estimate of drug-likeness (QED) is 0.0912. The molecule has 0 amide bonds. The number of anilines is 6. The molecular formula is C50H46N2O4S. The van der Waals surface area contributed by atoms with Crippen molar-refractivity contribution < 1.29 is 18.9 Å². The van der Waals surface area contributed by atoms with E-state index in [4.69, 9.17) is 18.9 Å². The van der Waals surface area contributed by atoms with Crippen LogP contribution in [0.4, 0.5) is 34.1 Å². The Balaban J connectivity index is 0.921. The van der Waals surface area contributed by atoms with Crippen LogP contribution < -0.4 is 9.80 Å². The van der Waals surface area contributed by atoms with Gasteiger partial charge in [-0.05, 0) is 121 Å². The molecule has 6 nitrogen and oxygen atoms in total. The van der Waals surface area contributed by atoms with Gasteiger partial charge in [-0.15, -0.1) is 11.3 Å². The topological polar surface area (TPSA) is 50.0 Å². The van der Waals surface area contributed by atoms with Crippen molar-refractivity contribution in [2.45, 2.75) is 39.3 Å². The lowest BCUT2D eigenvalue weighted by Gasteiger charge is -2.26. The first-order chi connectivity index (χ1) is 28.0. The summed E-state index contributed by atoms with van der Waals surface area (Å²) in [4.78, 5) is 7.08. The minimum absolute atomic E-state index is 0.270. The summed E-state index contributed by atoms with van der Waals surface area (Å²) in [5.41, 5.74) is 13.8. The molecule has 2 unspecified atom stereocenters. The van der Waals surface area contributed by atoms with E-state index in [9.17, 15) is 0 Å². The largest absolute Gasteiger partial charge is 0.374 e. The monoisotopic (exact) mass is 770 g/mol. The van der Waals surface area contributed by atoms with Gasteiger partial charge in [0.1, 0.15) is 12.2 Å². The van der Waals surface area contributed by atoms with Gasteiger partial charge in [0, 0.05) is 43.9 Å². The van der Waals surface area contributed by atoms with Gasteiger partial charge in [-0.1, -0.05) is 83.9 Å². The molecule has 6 aromatic carbocycles. The molecule has 7 heteroatoms. The molecular weight excluding hydrogens is 725 g/mol. The Labute approximate surface area is 339 Å². The Morgan fingerprint density at radius 2 is 0.737 bits per heavy atom. The van der Waals surface area contributed by atoms with Crippen LogP contribution >= 0.6 is 11.3 Å². The van der Waals surface area contributed by atoms with Crippen LogP contribution in [-0.2, 0) is 32.2 Å². The van der Waals surface area contributed by atoms with Crippen LogP contribution in [0.1, 0.15) is 22.3 Å². The summed E-state index contributed by atoms with van der Waals surface area (Å²) in [6, 6.07) is 57.0. The predicted octanol–water partition coefficient (Wildman–Crippen LogP) is 12.5. The molecule has 0 spiro atoms. The van der Waals surface area contributed by atoms with Crippen molar-refractivity contribution in [2.75, 3.05) is 36.2 Å². The highest BCUT2D eigenvalue weighted by Gasteiger charge is 2.23. The van der Waals surface area contributed by atoms with Gasteiger partial charge in [-0.2, -0.15) is 0 Å². The Bertz CT molecular complexity index is 2200. The number of nitrogens with zero attached hydrogens (tertiary/aromatic N) is 2. The van der Waals surface area contributed by atoms with E-state index in [1.165, 1.54) is 32.0 Å². The molecule has 2 atom stereocenters. The highest BCUT2D eigenvalue weighted by molar-refractivity contribution is 7.18. The predicted molar refractivity (Wildman–Crippen MR) is 233 cm³/mol. The number of thiophene rings is 1.